The number of nitrogens with two attached hydrogens (primary N) is 1. The summed E-state index contributed by atoms with van der Waals surface area (Å²) in [6.45, 7) is 2.74. The van der Waals surface area contributed by atoms with Crippen LogP contribution in [0.1, 0.15) is 11.3 Å². The standard InChI is InChI=1S/C13H16N4/c1-10-9-17-13(8-12(10)14)16-7-5-11-4-2-3-6-15-11/h2-4,6,8-9H,5,7H2,1H3,(H3,14,16,17). The maximum atomic E-state index is 5.81. The second-order valence-electron chi connectivity index (χ2n) is 3.92. The molecule has 2 aromatic heterocycles. The fraction of sp³-hybridized carbons (Fsp3) is 0.231. The first kappa shape index (κ1) is 11.4. The fourth-order valence-electron chi connectivity index (χ4n) is 1.50. The summed E-state index contributed by atoms with van der Waals surface area (Å²) in [4.78, 5) is 8.52. The van der Waals surface area contributed by atoms with E-state index in [0.29, 0.717) is 0 Å². The first-order valence-electron chi connectivity index (χ1n) is 5.61. The van der Waals surface area contributed by atoms with Crippen molar-refractivity contribution < 1.29 is 0 Å². The highest BCUT2D eigenvalue weighted by atomic mass is 15.0. The number of anilines is 2. The van der Waals surface area contributed by atoms with E-state index >= 15 is 0 Å². The lowest BCUT2D eigenvalue weighted by atomic mass is 10.2. The van der Waals surface area contributed by atoms with E-state index in [4.69, 9.17) is 5.73 Å². The molecule has 17 heavy (non-hydrogen) atoms. The van der Waals surface area contributed by atoms with Crippen LogP contribution in [0.25, 0.3) is 0 Å². The summed E-state index contributed by atoms with van der Waals surface area (Å²) < 4.78 is 0. The van der Waals surface area contributed by atoms with Gasteiger partial charge in [0.15, 0.2) is 0 Å². The Kier molecular flexibility index (Phi) is 3.55. The van der Waals surface area contributed by atoms with Crippen LogP contribution in [-0.4, -0.2) is 16.5 Å². The van der Waals surface area contributed by atoms with Gasteiger partial charge < -0.3 is 11.1 Å². The predicted molar refractivity (Wildman–Crippen MR) is 69.8 cm³/mol. The summed E-state index contributed by atoms with van der Waals surface area (Å²) in [5.74, 6) is 0.809. The van der Waals surface area contributed by atoms with Gasteiger partial charge in [0.25, 0.3) is 0 Å². The van der Waals surface area contributed by atoms with Crippen molar-refractivity contribution in [3.05, 3.63) is 47.9 Å². The summed E-state index contributed by atoms with van der Waals surface area (Å²) in [6.07, 6.45) is 4.45. The monoisotopic (exact) mass is 228 g/mol. The number of nitrogens with one attached hydrogen (secondary N) is 1. The average Bonchev–Trinajstić information content (AvgIpc) is 2.35. The molecule has 0 unspecified atom stereocenters. The van der Waals surface area contributed by atoms with Crippen LogP contribution < -0.4 is 11.1 Å². The van der Waals surface area contributed by atoms with Crippen LogP contribution in [0, 0.1) is 6.92 Å². The number of pyridine rings is 2. The average molecular weight is 228 g/mol. The molecule has 3 N–H and O–H groups in total. The van der Waals surface area contributed by atoms with Crippen molar-refractivity contribution in [2.45, 2.75) is 13.3 Å². The van der Waals surface area contributed by atoms with Crippen molar-refractivity contribution in [1.29, 1.82) is 0 Å². The first-order valence-corrected chi connectivity index (χ1v) is 5.61. The number of nitrogen functional groups attached to an aromatic ring is 1. The molecule has 0 atom stereocenters. The topological polar surface area (TPSA) is 63.8 Å². The van der Waals surface area contributed by atoms with E-state index in [9.17, 15) is 0 Å². The third-order valence-corrected chi connectivity index (χ3v) is 2.56. The Hall–Kier alpha value is -2.10. The van der Waals surface area contributed by atoms with E-state index in [1.165, 1.54) is 0 Å². The van der Waals surface area contributed by atoms with Crippen LogP contribution in [0.2, 0.25) is 0 Å². The van der Waals surface area contributed by atoms with Crippen molar-refractivity contribution >= 4 is 11.5 Å². The van der Waals surface area contributed by atoms with Crippen LogP contribution in [-0.2, 0) is 6.42 Å². The maximum Gasteiger partial charge on any atom is 0.127 e. The van der Waals surface area contributed by atoms with Gasteiger partial charge in [-0.15, -0.1) is 0 Å². The van der Waals surface area contributed by atoms with Crippen molar-refractivity contribution in [2.24, 2.45) is 0 Å². The molecule has 0 bridgehead atoms. The Morgan fingerprint density at radius 2 is 2.18 bits per heavy atom. The highest BCUT2D eigenvalue weighted by Gasteiger charge is 1.98. The molecule has 2 heterocycles. The van der Waals surface area contributed by atoms with E-state index in [0.717, 1.165) is 35.7 Å². The zero-order chi connectivity index (χ0) is 12.1. The Labute approximate surface area is 101 Å². The number of hydrogen-bond donors (Lipinski definition) is 2. The molecule has 0 aromatic carbocycles. The maximum absolute atomic E-state index is 5.81. The largest absolute Gasteiger partial charge is 0.398 e. The lowest BCUT2D eigenvalue weighted by Gasteiger charge is -2.07. The van der Waals surface area contributed by atoms with Crippen LogP contribution in [0.15, 0.2) is 36.7 Å². The third kappa shape index (κ3) is 3.17. The number of aryl methyl sites for hydroxylation is 1. The van der Waals surface area contributed by atoms with Crippen LogP contribution in [0.3, 0.4) is 0 Å². The summed E-state index contributed by atoms with van der Waals surface area (Å²) in [7, 11) is 0. The van der Waals surface area contributed by atoms with Gasteiger partial charge in [0, 0.05) is 42.8 Å². The smallest absolute Gasteiger partial charge is 0.127 e. The van der Waals surface area contributed by atoms with Crippen molar-refractivity contribution in [3.8, 4) is 0 Å². The summed E-state index contributed by atoms with van der Waals surface area (Å²) >= 11 is 0. The zero-order valence-electron chi connectivity index (χ0n) is 9.85. The molecule has 2 rings (SSSR count). The molecule has 0 fully saturated rings. The Morgan fingerprint density at radius 1 is 1.29 bits per heavy atom. The van der Waals surface area contributed by atoms with Gasteiger partial charge in [-0.3, -0.25) is 4.98 Å². The summed E-state index contributed by atoms with van der Waals surface area (Å²) in [5.41, 5.74) is 8.65. The molecule has 0 aliphatic carbocycles. The predicted octanol–water partition coefficient (Wildman–Crippen LogP) is 2.02. The second kappa shape index (κ2) is 5.30. The van der Waals surface area contributed by atoms with E-state index in [1.54, 1.807) is 12.4 Å². The van der Waals surface area contributed by atoms with Gasteiger partial charge in [-0.25, -0.2) is 4.98 Å². The quantitative estimate of drug-likeness (QED) is 0.840. The highest BCUT2D eigenvalue weighted by Crippen LogP contribution is 2.13. The number of rotatable bonds is 4. The van der Waals surface area contributed by atoms with Crippen molar-refractivity contribution in [2.75, 3.05) is 17.6 Å². The lowest BCUT2D eigenvalue weighted by molar-refractivity contribution is 0.953. The second-order valence-corrected chi connectivity index (χ2v) is 3.92. The number of hydrogen-bond acceptors (Lipinski definition) is 4. The van der Waals surface area contributed by atoms with Gasteiger partial charge in [0.05, 0.1) is 0 Å². The van der Waals surface area contributed by atoms with E-state index in [1.807, 2.05) is 31.2 Å². The van der Waals surface area contributed by atoms with Gasteiger partial charge in [0.2, 0.25) is 0 Å². The molecule has 4 heteroatoms. The normalized spacial score (nSPS) is 10.2. The molecule has 4 nitrogen and oxygen atoms in total. The van der Waals surface area contributed by atoms with Gasteiger partial charge >= 0.3 is 0 Å². The molecular weight excluding hydrogens is 212 g/mol. The highest BCUT2D eigenvalue weighted by molar-refractivity contribution is 5.53. The van der Waals surface area contributed by atoms with Crippen LogP contribution >= 0.6 is 0 Å². The summed E-state index contributed by atoms with van der Waals surface area (Å²) in [5, 5.41) is 3.23. The SMILES string of the molecule is Cc1cnc(NCCc2ccccn2)cc1N. The molecule has 0 aliphatic rings. The minimum atomic E-state index is 0.764. The van der Waals surface area contributed by atoms with E-state index in [2.05, 4.69) is 15.3 Å². The lowest BCUT2D eigenvalue weighted by Crippen LogP contribution is -2.07. The minimum Gasteiger partial charge on any atom is -0.398 e. The molecule has 0 radical (unpaired) electrons. The number of aromatic nitrogens is 2. The number of nitrogens with zero attached hydrogens (tertiary/aromatic N) is 2. The molecule has 0 saturated heterocycles. The third-order valence-electron chi connectivity index (χ3n) is 2.56. The molecule has 2 aromatic rings. The summed E-state index contributed by atoms with van der Waals surface area (Å²) in [6, 6.07) is 7.77. The molecule has 0 aliphatic heterocycles. The molecule has 88 valence electrons. The Balaban J connectivity index is 1.88. The van der Waals surface area contributed by atoms with Crippen LogP contribution in [0.4, 0.5) is 11.5 Å². The van der Waals surface area contributed by atoms with Crippen LogP contribution in [0.5, 0.6) is 0 Å². The molecular formula is C13H16N4. The van der Waals surface area contributed by atoms with Gasteiger partial charge in [0.1, 0.15) is 5.82 Å². The minimum absolute atomic E-state index is 0.764. The zero-order valence-corrected chi connectivity index (χ0v) is 9.85. The van der Waals surface area contributed by atoms with Gasteiger partial charge in [-0.2, -0.15) is 0 Å². The van der Waals surface area contributed by atoms with Gasteiger partial charge in [-0.05, 0) is 24.6 Å². The Bertz CT molecular complexity index is 482. The van der Waals surface area contributed by atoms with Crippen molar-refractivity contribution in [3.63, 3.8) is 0 Å². The molecule has 0 saturated carbocycles. The van der Waals surface area contributed by atoms with E-state index < -0.39 is 0 Å². The first-order chi connectivity index (χ1) is 8.25. The Morgan fingerprint density at radius 3 is 2.88 bits per heavy atom. The molecule has 0 spiro atoms. The fourth-order valence-corrected chi connectivity index (χ4v) is 1.50. The van der Waals surface area contributed by atoms with Crippen molar-refractivity contribution in [1.82, 2.24) is 9.97 Å². The molecule has 0 amide bonds. The van der Waals surface area contributed by atoms with Gasteiger partial charge in [-0.1, -0.05) is 6.07 Å². The van der Waals surface area contributed by atoms with E-state index in [-0.39, 0.29) is 0 Å².